The van der Waals surface area contributed by atoms with Crippen LogP contribution in [0.1, 0.15) is 11.1 Å². The van der Waals surface area contributed by atoms with Gasteiger partial charge in [0.2, 0.25) is 0 Å². The molecule has 1 fully saturated rings. The number of benzene rings is 1. The van der Waals surface area contributed by atoms with Crippen molar-refractivity contribution in [2.45, 2.75) is 19.2 Å². The molecule has 7 nitrogen and oxygen atoms in total. The number of rotatable bonds is 4. The van der Waals surface area contributed by atoms with Gasteiger partial charge in [0, 0.05) is 30.9 Å². The lowest BCUT2D eigenvalue weighted by Crippen LogP contribution is -2.58. The molecular formula is C16H16F3N5O2. The van der Waals surface area contributed by atoms with Crippen molar-refractivity contribution >= 4 is 12.1 Å². The Morgan fingerprint density at radius 3 is 2.73 bits per heavy atom. The Labute approximate surface area is 146 Å². The van der Waals surface area contributed by atoms with Gasteiger partial charge >= 0.3 is 6.18 Å². The number of hydrogen-bond donors (Lipinski definition) is 2. The third-order valence-corrected chi connectivity index (χ3v) is 3.68. The average molecular weight is 367 g/mol. The minimum absolute atomic E-state index is 0.120. The standard InChI is InChI=1S/C16H16F3N5O2/c1-10-4-11(6-12(5-10)16(17,18)19)15-20-9-23(22-15)3-2-14(26)21-24-7-13(25)8-24/h2-6,9,13,25H,7-8H2,1H3,(H,21,26)/b3-2-. The van der Waals surface area contributed by atoms with Crippen LogP contribution in [0.5, 0.6) is 0 Å². The van der Waals surface area contributed by atoms with Crippen molar-refractivity contribution in [1.29, 1.82) is 0 Å². The second kappa shape index (κ2) is 6.89. The summed E-state index contributed by atoms with van der Waals surface area (Å²) in [5, 5.41) is 14.7. The van der Waals surface area contributed by atoms with Crippen LogP contribution in [0.2, 0.25) is 0 Å². The normalized spacial score (nSPS) is 16.0. The first-order valence-electron chi connectivity index (χ1n) is 7.73. The number of aliphatic hydroxyl groups is 1. The Hall–Kier alpha value is -2.72. The molecule has 2 heterocycles. The molecule has 0 spiro atoms. The van der Waals surface area contributed by atoms with Crippen LogP contribution < -0.4 is 5.43 Å². The molecule has 0 saturated carbocycles. The fraction of sp³-hybridized carbons (Fsp3) is 0.312. The van der Waals surface area contributed by atoms with E-state index in [1.165, 1.54) is 23.3 Å². The van der Waals surface area contributed by atoms with Crippen LogP contribution in [0.25, 0.3) is 17.6 Å². The molecule has 1 aromatic heterocycles. The summed E-state index contributed by atoms with van der Waals surface area (Å²) in [4.78, 5) is 15.7. The van der Waals surface area contributed by atoms with Gasteiger partial charge in [-0.2, -0.15) is 13.2 Å². The van der Waals surface area contributed by atoms with Gasteiger partial charge in [-0.1, -0.05) is 0 Å². The first-order valence-corrected chi connectivity index (χ1v) is 7.73. The highest BCUT2D eigenvalue weighted by Gasteiger charge is 2.31. The summed E-state index contributed by atoms with van der Waals surface area (Å²) in [6.45, 7) is 2.29. The number of carbonyl (C=O) groups excluding carboxylic acids is 1. The van der Waals surface area contributed by atoms with E-state index in [0.29, 0.717) is 18.7 Å². The maximum atomic E-state index is 12.9. The maximum absolute atomic E-state index is 12.9. The Bertz CT molecular complexity index is 841. The highest BCUT2D eigenvalue weighted by Crippen LogP contribution is 2.32. The van der Waals surface area contributed by atoms with Crippen LogP contribution in [0.4, 0.5) is 13.2 Å². The molecule has 1 aromatic carbocycles. The van der Waals surface area contributed by atoms with Gasteiger partial charge in [0.1, 0.15) is 6.33 Å². The molecule has 10 heteroatoms. The molecule has 138 valence electrons. The SMILES string of the molecule is Cc1cc(-c2ncn(/C=C\C(=O)NN3CC(O)C3)n2)cc(C(F)(F)F)c1. The summed E-state index contributed by atoms with van der Waals surface area (Å²) < 4.78 is 40.0. The first kappa shape index (κ1) is 18.1. The molecule has 0 unspecified atom stereocenters. The summed E-state index contributed by atoms with van der Waals surface area (Å²) in [5.41, 5.74) is 2.46. The lowest BCUT2D eigenvalue weighted by molar-refractivity contribution is -0.137. The molecule has 26 heavy (non-hydrogen) atoms. The number of nitrogens with one attached hydrogen (secondary N) is 1. The molecule has 0 atom stereocenters. The van der Waals surface area contributed by atoms with Crippen molar-refractivity contribution in [3.63, 3.8) is 0 Å². The molecule has 1 aliphatic rings. The van der Waals surface area contributed by atoms with Crippen molar-refractivity contribution in [1.82, 2.24) is 25.2 Å². The van der Waals surface area contributed by atoms with Gasteiger partial charge in [0.15, 0.2) is 5.82 Å². The average Bonchev–Trinajstić information content (AvgIpc) is 2.99. The largest absolute Gasteiger partial charge is 0.416 e. The number of alkyl halides is 3. The van der Waals surface area contributed by atoms with Gasteiger partial charge in [0.25, 0.3) is 5.91 Å². The lowest BCUT2D eigenvalue weighted by Gasteiger charge is -2.35. The minimum atomic E-state index is -4.45. The van der Waals surface area contributed by atoms with E-state index >= 15 is 0 Å². The zero-order valence-corrected chi connectivity index (χ0v) is 13.7. The van der Waals surface area contributed by atoms with E-state index in [1.807, 2.05) is 0 Å². The van der Waals surface area contributed by atoms with Crippen LogP contribution in [-0.4, -0.2) is 50.0 Å². The highest BCUT2D eigenvalue weighted by molar-refractivity contribution is 5.89. The van der Waals surface area contributed by atoms with E-state index in [1.54, 1.807) is 18.0 Å². The van der Waals surface area contributed by atoms with Gasteiger partial charge < -0.3 is 5.11 Å². The zero-order chi connectivity index (χ0) is 18.9. The van der Waals surface area contributed by atoms with Crippen molar-refractivity contribution in [3.05, 3.63) is 41.7 Å². The predicted octanol–water partition coefficient (Wildman–Crippen LogP) is 1.45. The second-order valence-corrected chi connectivity index (χ2v) is 5.98. The molecule has 1 amide bonds. The Balaban J connectivity index is 1.71. The molecule has 1 saturated heterocycles. The molecule has 0 aliphatic carbocycles. The number of hydrazine groups is 1. The summed E-state index contributed by atoms with van der Waals surface area (Å²) >= 11 is 0. The van der Waals surface area contributed by atoms with Gasteiger partial charge in [-0.05, 0) is 30.7 Å². The van der Waals surface area contributed by atoms with Crippen molar-refractivity contribution < 1.29 is 23.1 Å². The van der Waals surface area contributed by atoms with Gasteiger partial charge in [0.05, 0.1) is 11.7 Å². The third kappa shape index (κ3) is 4.27. The second-order valence-electron chi connectivity index (χ2n) is 5.98. The zero-order valence-electron chi connectivity index (χ0n) is 13.7. The molecule has 0 bridgehead atoms. The third-order valence-electron chi connectivity index (χ3n) is 3.68. The van der Waals surface area contributed by atoms with Crippen molar-refractivity contribution in [2.75, 3.05) is 13.1 Å². The Morgan fingerprint density at radius 1 is 1.35 bits per heavy atom. The number of aliphatic hydroxyl groups excluding tert-OH is 1. The molecule has 2 aromatic rings. The van der Waals surface area contributed by atoms with Crippen LogP contribution in [0, 0.1) is 6.92 Å². The van der Waals surface area contributed by atoms with Gasteiger partial charge in [-0.25, -0.2) is 14.7 Å². The van der Waals surface area contributed by atoms with Crippen LogP contribution in [0.3, 0.4) is 0 Å². The van der Waals surface area contributed by atoms with Crippen molar-refractivity contribution in [2.24, 2.45) is 0 Å². The number of β-amino-alcohol motifs (C(OH)–C–C–N with tert-alkyl or cyclic N) is 1. The molecule has 0 radical (unpaired) electrons. The number of aromatic nitrogens is 3. The predicted molar refractivity (Wildman–Crippen MR) is 86.2 cm³/mol. The van der Waals surface area contributed by atoms with E-state index in [-0.39, 0.29) is 11.4 Å². The number of carbonyl (C=O) groups is 1. The summed E-state index contributed by atoms with van der Waals surface area (Å²) in [6.07, 6.45) is -1.05. The quantitative estimate of drug-likeness (QED) is 0.800. The maximum Gasteiger partial charge on any atom is 0.416 e. The van der Waals surface area contributed by atoms with E-state index in [9.17, 15) is 18.0 Å². The summed E-state index contributed by atoms with van der Waals surface area (Å²) in [5.74, 6) is -0.293. The number of nitrogens with zero attached hydrogens (tertiary/aromatic N) is 4. The summed E-state index contributed by atoms with van der Waals surface area (Å²) in [6, 6.07) is 3.59. The van der Waals surface area contributed by atoms with Crippen LogP contribution >= 0.6 is 0 Å². The number of halogens is 3. The Morgan fingerprint density at radius 2 is 2.08 bits per heavy atom. The molecular weight excluding hydrogens is 351 g/mol. The fourth-order valence-corrected chi connectivity index (χ4v) is 2.44. The Kier molecular flexibility index (Phi) is 4.79. The molecule has 1 aliphatic heterocycles. The molecule has 3 rings (SSSR count). The van der Waals surface area contributed by atoms with Gasteiger partial charge in [-0.15, -0.1) is 5.10 Å². The fourth-order valence-electron chi connectivity index (χ4n) is 2.44. The van der Waals surface area contributed by atoms with Gasteiger partial charge in [-0.3, -0.25) is 10.2 Å². The lowest BCUT2D eigenvalue weighted by atomic mass is 10.1. The number of amides is 1. The summed E-state index contributed by atoms with van der Waals surface area (Å²) in [7, 11) is 0. The van der Waals surface area contributed by atoms with Crippen LogP contribution in [0.15, 0.2) is 30.6 Å². The first-order chi connectivity index (χ1) is 12.2. The smallest absolute Gasteiger partial charge is 0.390 e. The number of hydrogen-bond acceptors (Lipinski definition) is 5. The molecule has 2 N–H and O–H groups in total. The highest BCUT2D eigenvalue weighted by atomic mass is 19.4. The van der Waals surface area contributed by atoms with E-state index in [0.717, 1.165) is 12.1 Å². The monoisotopic (exact) mass is 367 g/mol. The van der Waals surface area contributed by atoms with E-state index in [2.05, 4.69) is 15.5 Å². The van der Waals surface area contributed by atoms with E-state index < -0.39 is 23.8 Å². The van der Waals surface area contributed by atoms with Crippen LogP contribution in [-0.2, 0) is 11.0 Å². The topological polar surface area (TPSA) is 83.3 Å². The van der Waals surface area contributed by atoms with Crippen molar-refractivity contribution in [3.8, 4) is 11.4 Å². The van der Waals surface area contributed by atoms with E-state index in [4.69, 9.17) is 5.11 Å². The minimum Gasteiger partial charge on any atom is -0.390 e. The number of aryl methyl sites for hydroxylation is 1.